The number of aliphatic hydroxyl groups excluding tert-OH is 1. The Labute approximate surface area is 178 Å². The Hall–Kier alpha value is -4.07. The van der Waals surface area contributed by atoms with Crippen LogP contribution in [0.2, 0.25) is 0 Å². The molecule has 1 aliphatic heterocycles. The Kier molecular flexibility index (Phi) is 5.44. The van der Waals surface area contributed by atoms with Crippen molar-refractivity contribution < 1.29 is 28.6 Å². The van der Waals surface area contributed by atoms with Crippen LogP contribution in [0.1, 0.15) is 22.9 Å². The summed E-state index contributed by atoms with van der Waals surface area (Å²) in [5.74, 6) is -0.331. The van der Waals surface area contributed by atoms with Gasteiger partial charge in [0, 0.05) is 18.0 Å². The van der Waals surface area contributed by atoms with Crippen LogP contribution in [0.3, 0.4) is 0 Å². The molecule has 158 valence electrons. The van der Waals surface area contributed by atoms with Gasteiger partial charge in [0.15, 0.2) is 11.5 Å². The quantitative estimate of drug-likeness (QED) is 0.371. The van der Waals surface area contributed by atoms with E-state index in [2.05, 4.69) is 4.98 Å². The van der Waals surface area contributed by atoms with Gasteiger partial charge in [-0.2, -0.15) is 0 Å². The van der Waals surface area contributed by atoms with E-state index in [0.29, 0.717) is 28.4 Å². The summed E-state index contributed by atoms with van der Waals surface area (Å²) in [6, 6.07) is 10.8. The van der Waals surface area contributed by atoms with Crippen molar-refractivity contribution in [3.63, 3.8) is 0 Å². The summed E-state index contributed by atoms with van der Waals surface area (Å²) >= 11 is 0. The van der Waals surface area contributed by atoms with Crippen LogP contribution in [0.5, 0.6) is 11.5 Å². The van der Waals surface area contributed by atoms with Crippen LogP contribution >= 0.6 is 0 Å². The average Bonchev–Trinajstić information content (AvgIpc) is 3.41. The summed E-state index contributed by atoms with van der Waals surface area (Å²) in [5.41, 5.74) is 0.950. The molecule has 3 heterocycles. The van der Waals surface area contributed by atoms with E-state index in [1.165, 1.54) is 37.8 Å². The summed E-state index contributed by atoms with van der Waals surface area (Å²) in [4.78, 5) is 31.3. The van der Waals surface area contributed by atoms with Crippen LogP contribution in [0.4, 0.5) is 0 Å². The number of aliphatic hydroxyl groups is 1. The van der Waals surface area contributed by atoms with Crippen molar-refractivity contribution in [1.29, 1.82) is 0 Å². The number of Topliss-reactive ketones (excluding diaryl/α,β-unsaturated/α-hetero) is 1. The van der Waals surface area contributed by atoms with Crippen molar-refractivity contribution in [2.45, 2.75) is 12.6 Å². The van der Waals surface area contributed by atoms with E-state index in [9.17, 15) is 14.7 Å². The molecule has 31 heavy (non-hydrogen) atoms. The number of carbonyl (C=O) groups is 2. The highest BCUT2D eigenvalue weighted by Crippen LogP contribution is 2.42. The molecule has 8 nitrogen and oxygen atoms in total. The van der Waals surface area contributed by atoms with Crippen molar-refractivity contribution in [3.05, 3.63) is 83.6 Å². The maximum Gasteiger partial charge on any atom is 0.296 e. The van der Waals surface area contributed by atoms with E-state index in [0.717, 1.165) is 0 Å². The average molecular weight is 420 g/mol. The first kappa shape index (κ1) is 20.2. The van der Waals surface area contributed by atoms with Gasteiger partial charge < -0.3 is 23.9 Å². The van der Waals surface area contributed by atoms with Crippen molar-refractivity contribution in [2.75, 3.05) is 14.2 Å². The van der Waals surface area contributed by atoms with Crippen molar-refractivity contribution in [3.8, 4) is 11.5 Å². The number of hydrogen-bond donors (Lipinski definition) is 1. The molecule has 1 N–H and O–H groups in total. The van der Waals surface area contributed by atoms with Gasteiger partial charge in [-0.1, -0.05) is 6.07 Å². The second kappa shape index (κ2) is 8.35. The fourth-order valence-electron chi connectivity index (χ4n) is 3.65. The zero-order valence-corrected chi connectivity index (χ0v) is 16.9. The van der Waals surface area contributed by atoms with Crippen LogP contribution in [-0.2, 0) is 16.1 Å². The highest BCUT2D eigenvalue weighted by Gasteiger charge is 2.46. The lowest BCUT2D eigenvalue weighted by Crippen LogP contribution is -2.29. The highest BCUT2D eigenvalue weighted by molar-refractivity contribution is 6.46. The Morgan fingerprint density at radius 3 is 2.48 bits per heavy atom. The van der Waals surface area contributed by atoms with Gasteiger partial charge in [0.2, 0.25) is 0 Å². The lowest BCUT2D eigenvalue weighted by molar-refractivity contribution is -0.140. The third-order valence-electron chi connectivity index (χ3n) is 5.12. The number of ketones is 1. The zero-order chi connectivity index (χ0) is 22.0. The number of rotatable bonds is 6. The molecular weight excluding hydrogens is 400 g/mol. The first-order chi connectivity index (χ1) is 15.0. The number of furan rings is 1. The molecule has 1 fully saturated rings. The number of nitrogens with zero attached hydrogens (tertiary/aromatic N) is 2. The molecule has 1 saturated heterocycles. The minimum Gasteiger partial charge on any atom is -0.507 e. The number of hydrogen-bond acceptors (Lipinski definition) is 7. The molecule has 0 saturated carbocycles. The third kappa shape index (κ3) is 3.63. The Bertz CT molecular complexity index is 1140. The van der Waals surface area contributed by atoms with Gasteiger partial charge in [-0.3, -0.25) is 14.6 Å². The first-order valence-electron chi connectivity index (χ1n) is 9.48. The Morgan fingerprint density at radius 2 is 1.84 bits per heavy atom. The number of methoxy groups -OCH3 is 2. The SMILES string of the molecule is COc1ccc(C2/C(=C(\O)c3ccncc3)C(=O)C(=O)N2Cc2ccco2)cc1OC. The van der Waals surface area contributed by atoms with Gasteiger partial charge in [-0.15, -0.1) is 0 Å². The Morgan fingerprint density at radius 1 is 1.10 bits per heavy atom. The number of likely N-dealkylation sites (tertiary alicyclic amines) is 1. The molecular formula is C23H20N2O6. The van der Waals surface area contributed by atoms with E-state index < -0.39 is 17.7 Å². The third-order valence-corrected chi connectivity index (χ3v) is 5.12. The van der Waals surface area contributed by atoms with Crippen molar-refractivity contribution in [2.24, 2.45) is 0 Å². The maximum absolute atomic E-state index is 13.0. The number of aromatic nitrogens is 1. The molecule has 1 aliphatic rings. The van der Waals surface area contributed by atoms with Crippen LogP contribution < -0.4 is 9.47 Å². The first-order valence-corrected chi connectivity index (χ1v) is 9.48. The van der Waals surface area contributed by atoms with E-state index in [1.54, 1.807) is 42.5 Å². The minimum absolute atomic E-state index is 0.0185. The monoisotopic (exact) mass is 420 g/mol. The summed E-state index contributed by atoms with van der Waals surface area (Å²) < 4.78 is 16.1. The molecule has 4 rings (SSSR count). The van der Waals surface area contributed by atoms with Gasteiger partial charge in [-0.25, -0.2) is 0 Å². The summed E-state index contributed by atoms with van der Waals surface area (Å²) in [6.45, 7) is 0.0592. The highest BCUT2D eigenvalue weighted by atomic mass is 16.5. The molecule has 1 unspecified atom stereocenters. The van der Waals surface area contributed by atoms with Crippen LogP contribution in [-0.4, -0.2) is 40.9 Å². The van der Waals surface area contributed by atoms with Crippen molar-refractivity contribution >= 4 is 17.4 Å². The number of benzene rings is 1. The molecule has 0 aliphatic carbocycles. The van der Waals surface area contributed by atoms with Gasteiger partial charge in [0.05, 0.1) is 38.6 Å². The van der Waals surface area contributed by atoms with Gasteiger partial charge in [-0.05, 0) is 42.0 Å². The number of pyridine rings is 1. The molecule has 1 aromatic carbocycles. The lowest BCUT2D eigenvalue weighted by atomic mass is 9.95. The molecule has 3 aromatic rings. The summed E-state index contributed by atoms with van der Waals surface area (Å²) in [7, 11) is 3.02. The predicted octanol–water partition coefficient (Wildman–Crippen LogP) is 3.31. The molecule has 2 aromatic heterocycles. The number of carbonyl (C=O) groups excluding carboxylic acids is 2. The standard InChI is InChI=1S/C23H20N2O6/c1-29-17-6-5-15(12-18(17)30-2)20-19(21(26)14-7-9-24-10-8-14)22(27)23(28)25(20)13-16-4-3-11-31-16/h3-12,20,26H,13H2,1-2H3/b21-19+. The fraction of sp³-hybridized carbons (Fsp3) is 0.174. The second-order valence-electron chi connectivity index (χ2n) is 6.86. The number of ether oxygens (including phenoxy) is 2. The van der Waals surface area contributed by atoms with Crippen LogP contribution in [0.15, 0.2) is 71.1 Å². The topological polar surface area (TPSA) is 102 Å². The van der Waals surface area contributed by atoms with Gasteiger partial charge in [0.25, 0.3) is 11.7 Å². The zero-order valence-electron chi connectivity index (χ0n) is 16.9. The summed E-state index contributed by atoms with van der Waals surface area (Å²) in [6.07, 6.45) is 4.49. The van der Waals surface area contributed by atoms with E-state index in [4.69, 9.17) is 13.9 Å². The smallest absolute Gasteiger partial charge is 0.296 e. The fourth-order valence-corrected chi connectivity index (χ4v) is 3.65. The second-order valence-corrected chi connectivity index (χ2v) is 6.86. The number of amides is 1. The normalized spacial score (nSPS) is 17.7. The Balaban J connectivity index is 1.89. The molecule has 1 amide bonds. The van der Waals surface area contributed by atoms with Crippen LogP contribution in [0.25, 0.3) is 5.76 Å². The molecule has 0 bridgehead atoms. The van der Waals surface area contributed by atoms with E-state index in [-0.39, 0.29) is 17.9 Å². The maximum atomic E-state index is 13.0. The molecule has 8 heteroatoms. The summed E-state index contributed by atoms with van der Waals surface area (Å²) in [5, 5.41) is 11.0. The van der Waals surface area contributed by atoms with E-state index in [1.807, 2.05) is 0 Å². The molecule has 0 radical (unpaired) electrons. The van der Waals surface area contributed by atoms with Crippen LogP contribution in [0, 0.1) is 0 Å². The van der Waals surface area contributed by atoms with Crippen molar-refractivity contribution in [1.82, 2.24) is 9.88 Å². The molecule has 1 atom stereocenters. The lowest BCUT2D eigenvalue weighted by Gasteiger charge is -2.25. The largest absolute Gasteiger partial charge is 0.507 e. The van der Waals surface area contributed by atoms with E-state index >= 15 is 0 Å². The predicted molar refractivity (Wildman–Crippen MR) is 110 cm³/mol. The van der Waals surface area contributed by atoms with Gasteiger partial charge in [0.1, 0.15) is 11.5 Å². The molecule has 0 spiro atoms. The van der Waals surface area contributed by atoms with Gasteiger partial charge >= 0.3 is 0 Å². The minimum atomic E-state index is -0.849.